The van der Waals surface area contributed by atoms with E-state index in [1.165, 1.54) is 25.3 Å². The van der Waals surface area contributed by atoms with Gasteiger partial charge in [-0.3, -0.25) is 9.59 Å². The Morgan fingerprint density at radius 3 is 2.62 bits per heavy atom. The first kappa shape index (κ1) is 22.0. The molecule has 0 aliphatic carbocycles. The molecule has 0 fully saturated rings. The number of nitrogens with one attached hydrogen (secondary N) is 1. The third-order valence-corrected chi connectivity index (χ3v) is 4.32. The van der Waals surface area contributed by atoms with Gasteiger partial charge in [-0.15, -0.1) is 11.3 Å². The number of rotatable bonds is 9. The zero-order valence-electron chi connectivity index (χ0n) is 16.3. The first-order chi connectivity index (χ1) is 13.8. The summed E-state index contributed by atoms with van der Waals surface area (Å²) in [6.07, 6.45) is 2.73. The Hall–Kier alpha value is -3.33. The van der Waals surface area contributed by atoms with Crippen LogP contribution in [0.2, 0.25) is 0 Å². The molecule has 1 heterocycles. The number of methoxy groups -OCH3 is 1. The molecule has 0 unspecified atom stereocenters. The summed E-state index contributed by atoms with van der Waals surface area (Å²) in [5.74, 6) is -0.782. The summed E-state index contributed by atoms with van der Waals surface area (Å²) < 4.78 is 15.8. The van der Waals surface area contributed by atoms with Gasteiger partial charge in [0.1, 0.15) is 5.00 Å². The highest BCUT2D eigenvalue weighted by Gasteiger charge is 2.13. The highest BCUT2D eigenvalue weighted by Crippen LogP contribution is 2.29. The van der Waals surface area contributed by atoms with E-state index in [0.29, 0.717) is 22.1 Å². The maximum absolute atomic E-state index is 11.9. The molecule has 1 aromatic carbocycles. The van der Waals surface area contributed by atoms with E-state index < -0.39 is 24.4 Å². The summed E-state index contributed by atoms with van der Waals surface area (Å²) in [6, 6.07) is 6.73. The van der Waals surface area contributed by atoms with Crippen LogP contribution in [0.4, 0.5) is 5.00 Å². The first-order valence-electron chi connectivity index (χ1n) is 8.66. The Bertz CT molecular complexity index is 919. The second-order valence-corrected chi connectivity index (χ2v) is 7.01. The smallest absolute Gasteiger partial charge is 0.331 e. The number of carbonyl (C=O) groups excluding carboxylic acids is 3. The zero-order valence-corrected chi connectivity index (χ0v) is 17.1. The van der Waals surface area contributed by atoms with Crippen molar-refractivity contribution in [3.63, 3.8) is 0 Å². The summed E-state index contributed by atoms with van der Waals surface area (Å²) >= 11 is 1.15. The fourth-order valence-electron chi connectivity index (χ4n) is 2.25. The van der Waals surface area contributed by atoms with E-state index in [2.05, 4.69) is 5.32 Å². The zero-order chi connectivity index (χ0) is 21.4. The molecule has 0 radical (unpaired) electrons. The fourth-order valence-corrected chi connectivity index (χ4v) is 3.06. The second kappa shape index (κ2) is 10.3. The molecule has 0 saturated heterocycles. The van der Waals surface area contributed by atoms with E-state index >= 15 is 0 Å². The molecule has 29 heavy (non-hydrogen) atoms. The molecule has 0 saturated carbocycles. The van der Waals surface area contributed by atoms with Gasteiger partial charge in [0, 0.05) is 6.08 Å². The Balaban J connectivity index is 1.90. The standard InChI is InChI=1S/C20H22N2O6S/c1-12(2)28-15-6-4-13(10-16(15)26-3)5-7-18(24)27-11-17(23)22-20-14(19(21)25)8-9-29-20/h4-10,12H,11H2,1-3H3,(H2,21,25)(H,22,23)/b7-5+. The van der Waals surface area contributed by atoms with E-state index in [0.717, 1.165) is 11.3 Å². The van der Waals surface area contributed by atoms with E-state index in [4.69, 9.17) is 19.9 Å². The van der Waals surface area contributed by atoms with Gasteiger partial charge in [-0.2, -0.15) is 0 Å². The molecule has 0 aliphatic heterocycles. The van der Waals surface area contributed by atoms with Crippen molar-refractivity contribution in [2.75, 3.05) is 19.0 Å². The molecule has 154 valence electrons. The molecular weight excluding hydrogens is 396 g/mol. The van der Waals surface area contributed by atoms with Crippen molar-refractivity contribution in [1.29, 1.82) is 0 Å². The predicted molar refractivity (Wildman–Crippen MR) is 110 cm³/mol. The van der Waals surface area contributed by atoms with Crippen LogP contribution in [0, 0.1) is 0 Å². The van der Waals surface area contributed by atoms with Gasteiger partial charge in [0.15, 0.2) is 18.1 Å². The first-order valence-corrected chi connectivity index (χ1v) is 9.54. The SMILES string of the molecule is COc1cc(/C=C/C(=O)OCC(=O)Nc2sccc2C(N)=O)ccc1OC(C)C. The molecule has 2 rings (SSSR count). The summed E-state index contributed by atoms with van der Waals surface area (Å²) in [6.45, 7) is 3.32. The highest BCUT2D eigenvalue weighted by atomic mass is 32.1. The number of esters is 1. The lowest BCUT2D eigenvalue weighted by Gasteiger charge is -2.13. The van der Waals surface area contributed by atoms with Crippen molar-refractivity contribution in [1.82, 2.24) is 0 Å². The summed E-state index contributed by atoms with van der Waals surface area (Å²) in [7, 11) is 1.53. The summed E-state index contributed by atoms with van der Waals surface area (Å²) in [5, 5.41) is 4.42. The number of nitrogens with two attached hydrogens (primary N) is 1. The average molecular weight is 418 g/mol. The van der Waals surface area contributed by atoms with E-state index in [9.17, 15) is 14.4 Å². The van der Waals surface area contributed by atoms with Crippen LogP contribution in [-0.2, 0) is 14.3 Å². The quantitative estimate of drug-likeness (QED) is 0.478. The van der Waals surface area contributed by atoms with E-state index in [-0.39, 0.29) is 11.7 Å². The van der Waals surface area contributed by atoms with Gasteiger partial charge in [0.2, 0.25) is 0 Å². The molecule has 2 amide bonds. The number of carbonyl (C=O) groups is 3. The summed E-state index contributed by atoms with van der Waals surface area (Å²) in [5.41, 5.74) is 6.11. The van der Waals surface area contributed by atoms with Crippen molar-refractivity contribution < 1.29 is 28.6 Å². The Morgan fingerprint density at radius 2 is 1.97 bits per heavy atom. The Kier molecular flexibility index (Phi) is 7.79. The molecule has 0 atom stereocenters. The van der Waals surface area contributed by atoms with Crippen molar-refractivity contribution in [2.24, 2.45) is 5.73 Å². The molecule has 0 spiro atoms. The topological polar surface area (TPSA) is 117 Å². The van der Waals surface area contributed by atoms with Gasteiger partial charge < -0.3 is 25.3 Å². The van der Waals surface area contributed by atoms with Crippen LogP contribution in [0.25, 0.3) is 6.08 Å². The van der Waals surface area contributed by atoms with Crippen LogP contribution in [0.15, 0.2) is 35.7 Å². The van der Waals surface area contributed by atoms with E-state index in [1.807, 2.05) is 13.8 Å². The third kappa shape index (κ3) is 6.65. The number of hydrogen-bond donors (Lipinski definition) is 2. The molecule has 9 heteroatoms. The fraction of sp³-hybridized carbons (Fsp3) is 0.250. The lowest BCUT2D eigenvalue weighted by atomic mass is 10.2. The number of ether oxygens (including phenoxy) is 3. The van der Waals surface area contributed by atoms with Crippen LogP contribution in [0.1, 0.15) is 29.8 Å². The molecule has 0 aliphatic rings. The number of hydrogen-bond acceptors (Lipinski definition) is 7. The normalized spacial score (nSPS) is 10.8. The van der Waals surface area contributed by atoms with Gasteiger partial charge in [0.05, 0.1) is 18.8 Å². The highest BCUT2D eigenvalue weighted by molar-refractivity contribution is 7.14. The van der Waals surface area contributed by atoms with Gasteiger partial charge in [-0.05, 0) is 49.1 Å². The van der Waals surface area contributed by atoms with Crippen LogP contribution in [0.5, 0.6) is 11.5 Å². The van der Waals surface area contributed by atoms with Gasteiger partial charge in [0.25, 0.3) is 11.8 Å². The van der Waals surface area contributed by atoms with Gasteiger partial charge in [-0.25, -0.2) is 4.79 Å². The molecule has 2 aromatic rings. The maximum atomic E-state index is 11.9. The van der Waals surface area contributed by atoms with Crippen molar-refractivity contribution >= 4 is 40.2 Å². The Morgan fingerprint density at radius 1 is 1.21 bits per heavy atom. The van der Waals surface area contributed by atoms with Gasteiger partial charge in [-0.1, -0.05) is 6.07 Å². The Labute approximate surface area is 172 Å². The minimum absolute atomic E-state index is 0.000328. The predicted octanol–water partition coefficient (Wildman–Crippen LogP) is 2.84. The third-order valence-electron chi connectivity index (χ3n) is 3.49. The maximum Gasteiger partial charge on any atom is 0.331 e. The minimum Gasteiger partial charge on any atom is -0.493 e. The number of thiophene rings is 1. The molecule has 0 bridgehead atoms. The lowest BCUT2D eigenvalue weighted by Crippen LogP contribution is -2.21. The largest absolute Gasteiger partial charge is 0.493 e. The summed E-state index contributed by atoms with van der Waals surface area (Å²) in [4.78, 5) is 35.0. The lowest BCUT2D eigenvalue weighted by molar-refractivity contribution is -0.142. The molecular formula is C20H22N2O6S. The van der Waals surface area contributed by atoms with Crippen molar-refractivity contribution in [2.45, 2.75) is 20.0 Å². The second-order valence-electron chi connectivity index (χ2n) is 6.09. The van der Waals surface area contributed by atoms with Crippen LogP contribution >= 0.6 is 11.3 Å². The van der Waals surface area contributed by atoms with Crippen LogP contribution < -0.4 is 20.5 Å². The molecule has 3 N–H and O–H groups in total. The van der Waals surface area contributed by atoms with Crippen molar-refractivity contribution in [3.8, 4) is 11.5 Å². The molecule has 8 nitrogen and oxygen atoms in total. The van der Waals surface area contributed by atoms with Gasteiger partial charge >= 0.3 is 5.97 Å². The molecule has 1 aromatic heterocycles. The minimum atomic E-state index is -0.692. The van der Waals surface area contributed by atoms with Crippen LogP contribution in [-0.4, -0.2) is 37.6 Å². The number of primary amides is 1. The number of amides is 2. The van der Waals surface area contributed by atoms with Crippen molar-refractivity contribution in [3.05, 3.63) is 46.8 Å². The number of benzene rings is 1. The monoisotopic (exact) mass is 418 g/mol. The van der Waals surface area contributed by atoms with E-state index in [1.54, 1.807) is 23.6 Å². The average Bonchev–Trinajstić information content (AvgIpc) is 3.13. The van der Waals surface area contributed by atoms with Crippen LogP contribution in [0.3, 0.4) is 0 Å². The number of anilines is 1.